The fraction of sp³-hybridized carbons (Fsp3) is 0.121. The molecule has 3 aromatic carbocycles. The maximum Gasteiger partial charge on any atom is 0.343 e. The number of carbonyl (C=O) groups excluding carboxylic acids is 1. The van der Waals surface area contributed by atoms with E-state index in [4.69, 9.17) is 4.74 Å². The fourth-order valence-electron chi connectivity index (χ4n) is 4.83. The van der Waals surface area contributed by atoms with Crippen LogP contribution < -0.4 is 15.8 Å². The Labute approximate surface area is 252 Å². The lowest BCUT2D eigenvalue weighted by Crippen LogP contribution is -2.26. The van der Waals surface area contributed by atoms with Gasteiger partial charge in [-0.25, -0.2) is 14.2 Å². The number of ether oxygens (including phenoxy) is 1. The standard InChI is InChI=1S/C33H28FN7O3/c1-2-44-33(43)27-20-36-41-30(39(21-23-9-5-3-6-10-23)22-24-11-7-4-8-12-24)19-29(38-31(27)41)37-28-17-18-35-40(32(28)42)26-15-13-25(34)14-16-26/h3-20H,2,21-22H2,1H3,(H,37,38). The number of halogens is 1. The van der Waals surface area contributed by atoms with Gasteiger partial charge in [0.1, 0.15) is 28.7 Å². The number of nitrogens with zero attached hydrogens (tertiary/aromatic N) is 6. The van der Waals surface area contributed by atoms with Gasteiger partial charge in [0.25, 0.3) is 5.56 Å². The molecule has 0 saturated heterocycles. The molecule has 0 fully saturated rings. The van der Waals surface area contributed by atoms with Crippen LogP contribution in [0.4, 0.5) is 21.7 Å². The first-order valence-electron chi connectivity index (χ1n) is 14.0. The second-order valence-electron chi connectivity index (χ2n) is 9.90. The number of aromatic nitrogens is 5. The van der Waals surface area contributed by atoms with E-state index in [9.17, 15) is 14.0 Å². The summed E-state index contributed by atoms with van der Waals surface area (Å²) in [7, 11) is 0. The van der Waals surface area contributed by atoms with E-state index in [0.717, 1.165) is 11.1 Å². The summed E-state index contributed by atoms with van der Waals surface area (Å²) in [5.41, 5.74) is 2.71. The lowest BCUT2D eigenvalue weighted by Gasteiger charge is -2.26. The van der Waals surface area contributed by atoms with E-state index in [1.807, 2.05) is 60.7 Å². The quantitative estimate of drug-likeness (QED) is 0.208. The van der Waals surface area contributed by atoms with Crippen LogP contribution >= 0.6 is 0 Å². The van der Waals surface area contributed by atoms with Crippen LogP contribution in [0.25, 0.3) is 11.3 Å². The number of benzene rings is 3. The monoisotopic (exact) mass is 589 g/mol. The molecule has 11 heteroatoms. The summed E-state index contributed by atoms with van der Waals surface area (Å²) in [5.74, 6) is -0.0412. The zero-order valence-corrected chi connectivity index (χ0v) is 23.8. The van der Waals surface area contributed by atoms with Crippen molar-refractivity contribution < 1.29 is 13.9 Å². The summed E-state index contributed by atoms with van der Waals surface area (Å²) in [5, 5.41) is 11.8. The summed E-state index contributed by atoms with van der Waals surface area (Å²) in [6, 6.07) is 28.8. The van der Waals surface area contributed by atoms with Gasteiger partial charge in [-0.3, -0.25) is 4.79 Å². The van der Waals surface area contributed by atoms with E-state index >= 15 is 0 Å². The summed E-state index contributed by atoms with van der Waals surface area (Å²) < 4.78 is 21.6. The summed E-state index contributed by atoms with van der Waals surface area (Å²) in [6.07, 6.45) is 2.90. The first-order chi connectivity index (χ1) is 21.5. The molecule has 0 aliphatic carbocycles. The highest BCUT2D eigenvalue weighted by Crippen LogP contribution is 2.27. The third kappa shape index (κ3) is 6.02. The van der Waals surface area contributed by atoms with Crippen molar-refractivity contribution >= 4 is 28.9 Å². The van der Waals surface area contributed by atoms with Gasteiger partial charge in [0.05, 0.1) is 24.7 Å². The predicted molar refractivity (Wildman–Crippen MR) is 165 cm³/mol. The van der Waals surface area contributed by atoms with Gasteiger partial charge in [-0.05, 0) is 48.4 Å². The average Bonchev–Trinajstić information content (AvgIpc) is 3.47. The highest BCUT2D eigenvalue weighted by atomic mass is 19.1. The van der Waals surface area contributed by atoms with Crippen LogP contribution in [0.3, 0.4) is 0 Å². The van der Waals surface area contributed by atoms with Crippen LogP contribution in [0.5, 0.6) is 0 Å². The molecule has 1 N–H and O–H groups in total. The molecule has 0 spiro atoms. The lowest BCUT2D eigenvalue weighted by atomic mass is 10.1. The first kappa shape index (κ1) is 28.3. The molecule has 3 aromatic heterocycles. The van der Waals surface area contributed by atoms with Crippen molar-refractivity contribution in [1.29, 1.82) is 0 Å². The molecule has 0 bridgehead atoms. The predicted octanol–water partition coefficient (Wildman–Crippen LogP) is 5.54. The Kier molecular flexibility index (Phi) is 8.08. The molecular formula is C33H28FN7O3. The van der Waals surface area contributed by atoms with Crippen molar-refractivity contribution in [1.82, 2.24) is 24.4 Å². The molecule has 0 aliphatic rings. The lowest BCUT2D eigenvalue weighted by molar-refractivity contribution is 0.0528. The number of anilines is 3. The van der Waals surface area contributed by atoms with E-state index < -0.39 is 17.3 Å². The highest BCUT2D eigenvalue weighted by molar-refractivity contribution is 5.96. The van der Waals surface area contributed by atoms with Crippen LogP contribution in [-0.2, 0) is 17.8 Å². The minimum atomic E-state index is -0.557. The molecule has 6 rings (SSSR count). The van der Waals surface area contributed by atoms with Crippen molar-refractivity contribution in [2.45, 2.75) is 20.0 Å². The summed E-state index contributed by atoms with van der Waals surface area (Å²) in [4.78, 5) is 33.2. The molecule has 0 amide bonds. The Hall–Kier alpha value is -5.84. The first-order valence-corrected chi connectivity index (χ1v) is 14.0. The van der Waals surface area contributed by atoms with E-state index in [1.165, 1.54) is 47.4 Å². The normalized spacial score (nSPS) is 11.0. The van der Waals surface area contributed by atoms with Crippen molar-refractivity contribution in [3.63, 3.8) is 0 Å². The van der Waals surface area contributed by atoms with Crippen LogP contribution in [0.15, 0.2) is 114 Å². The van der Waals surface area contributed by atoms with E-state index in [-0.39, 0.29) is 23.5 Å². The van der Waals surface area contributed by atoms with Gasteiger partial charge in [0.15, 0.2) is 5.65 Å². The number of nitrogens with one attached hydrogen (secondary N) is 1. The molecule has 6 aromatic rings. The van der Waals surface area contributed by atoms with Gasteiger partial charge >= 0.3 is 5.97 Å². The minimum absolute atomic E-state index is 0.182. The van der Waals surface area contributed by atoms with Gasteiger partial charge in [-0.15, -0.1) is 0 Å². The average molecular weight is 590 g/mol. The molecule has 0 aliphatic heterocycles. The maximum atomic E-state index is 13.5. The number of hydrogen-bond donors (Lipinski definition) is 1. The third-order valence-electron chi connectivity index (χ3n) is 6.88. The zero-order chi connectivity index (χ0) is 30.5. The van der Waals surface area contributed by atoms with Crippen LogP contribution in [0, 0.1) is 5.82 Å². The molecule has 0 saturated carbocycles. The molecular weight excluding hydrogens is 561 g/mol. The third-order valence-corrected chi connectivity index (χ3v) is 6.88. The Morgan fingerprint density at radius 3 is 2.20 bits per heavy atom. The number of rotatable bonds is 10. The van der Waals surface area contributed by atoms with Crippen molar-refractivity contribution in [3.05, 3.63) is 142 Å². The van der Waals surface area contributed by atoms with Crippen molar-refractivity contribution in [2.75, 3.05) is 16.8 Å². The Morgan fingerprint density at radius 2 is 1.57 bits per heavy atom. The van der Waals surface area contributed by atoms with E-state index in [2.05, 4.69) is 25.4 Å². The van der Waals surface area contributed by atoms with E-state index in [0.29, 0.717) is 30.4 Å². The van der Waals surface area contributed by atoms with Crippen molar-refractivity contribution in [3.8, 4) is 5.69 Å². The number of hydrogen-bond acceptors (Lipinski definition) is 8. The molecule has 10 nitrogen and oxygen atoms in total. The highest BCUT2D eigenvalue weighted by Gasteiger charge is 2.22. The maximum absolute atomic E-state index is 13.5. The SMILES string of the molecule is CCOC(=O)c1cnn2c(N(Cc3ccccc3)Cc3ccccc3)cc(Nc3ccnn(-c4ccc(F)cc4)c3=O)nc12. The van der Waals surface area contributed by atoms with Gasteiger partial charge < -0.3 is 15.0 Å². The topological polar surface area (TPSA) is 107 Å². The number of esters is 1. The smallest absolute Gasteiger partial charge is 0.343 e. The molecule has 0 unspecified atom stereocenters. The van der Waals surface area contributed by atoms with Gasteiger partial charge in [0, 0.05) is 19.2 Å². The molecule has 220 valence electrons. The summed E-state index contributed by atoms with van der Waals surface area (Å²) >= 11 is 0. The Balaban J connectivity index is 1.47. The van der Waals surface area contributed by atoms with Gasteiger partial charge in [-0.1, -0.05) is 60.7 Å². The number of carbonyl (C=O) groups is 1. The zero-order valence-electron chi connectivity index (χ0n) is 23.8. The van der Waals surface area contributed by atoms with Gasteiger partial charge in [0.2, 0.25) is 0 Å². The van der Waals surface area contributed by atoms with Gasteiger partial charge in [-0.2, -0.15) is 19.4 Å². The van der Waals surface area contributed by atoms with Crippen LogP contribution in [0.1, 0.15) is 28.4 Å². The second kappa shape index (κ2) is 12.6. The minimum Gasteiger partial charge on any atom is -0.462 e. The molecule has 3 heterocycles. The fourth-order valence-corrected chi connectivity index (χ4v) is 4.83. The van der Waals surface area contributed by atoms with E-state index in [1.54, 1.807) is 17.5 Å². The molecule has 0 atom stereocenters. The second-order valence-corrected chi connectivity index (χ2v) is 9.90. The van der Waals surface area contributed by atoms with Crippen LogP contribution in [-0.4, -0.2) is 37.0 Å². The Morgan fingerprint density at radius 1 is 0.909 bits per heavy atom. The molecule has 44 heavy (non-hydrogen) atoms. The molecule has 0 radical (unpaired) electrons. The Bertz CT molecular complexity index is 1920. The van der Waals surface area contributed by atoms with Crippen LogP contribution in [0.2, 0.25) is 0 Å². The van der Waals surface area contributed by atoms with Crippen molar-refractivity contribution in [2.24, 2.45) is 0 Å². The largest absolute Gasteiger partial charge is 0.462 e. The summed E-state index contributed by atoms with van der Waals surface area (Å²) in [6.45, 7) is 2.96. The number of fused-ring (bicyclic) bond motifs is 1.